The third kappa shape index (κ3) is 4.54. The van der Waals surface area contributed by atoms with Crippen molar-refractivity contribution in [3.05, 3.63) is 58.7 Å². The Morgan fingerprint density at radius 2 is 1.48 bits per heavy atom. The second-order valence-electron chi connectivity index (χ2n) is 5.18. The van der Waals surface area contributed by atoms with E-state index in [1.165, 1.54) is 31.2 Å². The van der Waals surface area contributed by atoms with E-state index < -0.39 is 40.7 Å². The molecule has 144 valence electrons. The van der Waals surface area contributed by atoms with Crippen LogP contribution in [-0.2, 0) is 11.0 Å². The van der Waals surface area contributed by atoms with Crippen LogP contribution >= 0.6 is 0 Å². The van der Waals surface area contributed by atoms with Gasteiger partial charge in [0.1, 0.15) is 11.3 Å². The summed E-state index contributed by atoms with van der Waals surface area (Å²) in [6.45, 7) is 1.30. The normalized spacial score (nSPS) is 11.7. The van der Waals surface area contributed by atoms with E-state index in [2.05, 4.69) is 10.4 Å². The minimum atomic E-state index is -5.62. The van der Waals surface area contributed by atoms with Gasteiger partial charge in [0.2, 0.25) is 5.91 Å². The van der Waals surface area contributed by atoms with Crippen LogP contribution in [0.4, 0.5) is 42.1 Å². The number of amides is 1. The van der Waals surface area contributed by atoms with Gasteiger partial charge in [0.25, 0.3) is 0 Å². The van der Waals surface area contributed by atoms with Crippen molar-refractivity contribution in [2.75, 3.05) is 10.7 Å². The molecule has 0 saturated heterocycles. The lowest BCUT2D eigenvalue weighted by Gasteiger charge is -2.13. The molecule has 0 aliphatic carbocycles. The highest BCUT2D eigenvalue weighted by atomic mass is 19.4. The largest absolute Gasteiger partial charge is 0.422 e. The molecule has 2 aromatic carbocycles. The minimum absolute atomic E-state index is 0.310. The third-order valence-corrected chi connectivity index (χ3v) is 3.17. The number of halogens is 7. The lowest BCUT2D eigenvalue weighted by Crippen LogP contribution is -2.16. The van der Waals surface area contributed by atoms with Crippen molar-refractivity contribution < 1.29 is 35.5 Å². The number of carbonyl (C=O) groups is 1. The molecule has 1 amide bonds. The van der Waals surface area contributed by atoms with Crippen molar-refractivity contribution in [1.82, 2.24) is 0 Å². The van der Waals surface area contributed by atoms with Gasteiger partial charge in [0, 0.05) is 12.6 Å². The minimum Gasteiger partial charge on any atom is -0.326 e. The summed E-state index contributed by atoms with van der Waals surface area (Å²) in [5, 5.41) is 5.83. The molecule has 0 heterocycles. The van der Waals surface area contributed by atoms with E-state index in [0.29, 0.717) is 11.3 Å². The van der Waals surface area contributed by atoms with Crippen molar-refractivity contribution in [3.63, 3.8) is 0 Å². The standard InChI is InChI=1S/C16H10F7N3O/c1-7(27)25-9-4-2-8(3-5-9)6-24-26-15-13(19)11(17)10(16(21,22)23)12(18)14(15)20/h2-6,26H,1H3,(H,25,27)/b24-6-. The fraction of sp³-hybridized carbons (Fsp3) is 0.125. The molecule has 0 bridgehead atoms. The zero-order valence-corrected chi connectivity index (χ0v) is 13.4. The molecule has 4 nitrogen and oxygen atoms in total. The number of nitrogens with zero attached hydrogens (tertiary/aromatic N) is 1. The number of benzene rings is 2. The van der Waals surface area contributed by atoms with Gasteiger partial charge in [0.15, 0.2) is 23.3 Å². The van der Waals surface area contributed by atoms with Gasteiger partial charge in [-0.2, -0.15) is 18.3 Å². The molecule has 2 N–H and O–H groups in total. The molecule has 2 aromatic rings. The first-order valence-corrected chi connectivity index (χ1v) is 7.12. The average molecular weight is 393 g/mol. The molecular weight excluding hydrogens is 383 g/mol. The predicted octanol–water partition coefficient (Wildman–Crippen LogP) is 4.67. The van der Waals surface area contributed by atoms with Gasteiger partial charge in [-0.05, 0) is 17.7 Å². The van der Waals surface area contributed by atoms with Crippen LogP contribution in [-0.4, -0.2) is 12.1 Å². The highest BCUT2D eigenvalue weighted by molar-refractivity contribution is 5.89. The summed E-state index contributed by atoms with van der Waals surface area (Å²) in [6, 6.07) is 5.83. The molecule has 0 aliphatic heterocycles. The Labute approximate surface area is 147 Å². The number of nitrogens with one attached hydrogen (secondary N) is 2. The molecule has 0 atom stereocenters. The van der Waals surface area contributed by atoms with Gasteiger partial charge in [-0.1, -0.05) is 12.1 Å². The first-order chi connectivity index (χ1) is 12.5. The first kappa shape index (κ1) is 20.2. The van der Waals surface area contributed by atoms with Crippen molar-refractivity contribution in [2.45, 2.75) is 13.1 Å². The van der Waals surface area contributed by atoms with Crippen molar-refractivity contribution in [1.29, 1.82) is 0 Å². The van der Waals surface area contributed by atoms with Gasteiger partial charge in [0.05, 0.1) is 6.21 Å². The highest BCUT2D eigenvalue weighted by Crippen LogP contribution is 2.38. The molecule has 0 unspecified atom stereocenters. The van der Waals surface area contributed by atoms with Gasteiger partial charge >= 0.3 is 6.18 Å². The van der Waals surface area contributed by atoms with Crippen molar-refractivity contribution in [3.8, 4) is 0 Å². The second kappa shape index (κ2) is 7.64. The molecular formula is C16H10F7N3O. The first-order valence-electron chi connectivity index (χ1n) is 7.12. The van der Waals surface area contributed by atoms with Crippen LogP contribution in [0.3, 0.4) is 0 Å². The Bertz CT molecular complexity index is 863. The number of alkyl halides is 3. The number of carbonyl (C=O) groups excluding carboxylic acids is 1. The summed E-state index contributed by atoms with van der Waals surface area (Å²) < 4.78 is 91.8. The van der Waals surface area contributed by atoms with Crippen LogP contribution < -0.4 is 10.7 Å². The zero-order valence-electron chi connectivity index (χ0n) is 13.4. The van der Waals surface area contributed by atoms with Crippen LogP contribution in [0.15, 0.2) is 29.4 Å². The Balaban J connectivity index is 2.25. The maximum absolute atomic E-state index is 13.7. The van der Waals surface area contributed by atoms with Crippen LogP contribution in [0, 0.1) is 23.3 Å². The number of hydrogen-bond donors (Lipinski definition) is 2. The summed E-state index contributed by atoms with van der Waals surface area (Å²) in [6.07, 6.45) is -4.63. The van der Waals surface area contributed by atoms with Gasteiger partial charge < -0.3 is 5.32 Å². The van der Waals surface area contributed by atoms with E-state index in [4.69, 9.17) is 0 Å². The molecule has 0 radical (unpaired) electrons. The van der Waals surface area contributed by atoms with Gasteiger partial charge in [-0.25, -0.2) is 17.6 Å². The van der Waals surface area contributed by atoms with Gasteiger partial charge in [-0.3, -0.25) is 10.2 Å². The van der Waals surface area contributed by atoms with Crippen molar-refractivity contribution >= 4 is 23.5 Å². The second-order valence-corrected chi connectivity index (χ2v) is 5.18. The smallest absolute Gasteiger partial charge is 0.326 e. The summed E-state index contributed by atoms with van der Waals surface area (Å²) in [7, 11) is 0. The molecule has 0 saturated carbocycles. The molecule has 0 spiro atoms. The van der Waals surface area contributed by atoms with Crippen LogP contribution in [0.1, 0.15) is 18.1 Å². The van der Waals surface area contributed by atoms with Crippen molar-refractivity contribution in [2.24, 2.45) is 5.10 Å². The highest BCUT2D eigenvalue weighted by Gasteiger charge is 2.42. The number of rotatable bonds is 4. The van der Waals surface area contributed by atoms with Crippen LogP contribution in [0.25, 0.3) is 0 Å². The topological polar surface area (TPSA) is 53.5 Å². The SMILES string of the molecule is CC(=O)Nc1ccc(/C=N\Nc2c(F)c(F)c(C(F)(F)F)c(F)c2F)cc1. The lowest BCUT2D eigenvalue weighted by molar-refractivity contribution is -0.143. The Morgan fingerprint density at radius 3 is 1.93 bits per heavy atom. The number of hydrogen-bond acceptors (Lipinski definition) is 3. The maximum Gasteiger partial charge on any atom is 0.422 e. The van der Waals surface area contributed by atoms with Crippen LogP contribution in [0.2, 0.25) is 0 Å². The zero-order chi connectivity index (χ0) is 20.4. The Hall–Kier alpha value is -3.11. The molecule has 0 aromatic heterocycles. The van der Waals surface area contributed by atoms with E-state index in [1.807, 2.05) is 0 Å². The Morgan fingerprint density at radius 1 is 0.963 bits per heavy atom. The summed E-state index contributed by atoms with van der Waals surface area (Å²) in [4.78, 5) is 10.9. The molecule has 0 fully saturated rings. The number of hydrazone groups is 1. The molecule has 2 rings (SSSR count). The van der Waals surface area contributed by atoms with E-state index in [9.17, 15) is 35.5 Å². The van der Waals surface area contributed by atoms with E-state index in [-0.39, 0.29) is 5.91 Å². The lowest BCUT2D eigenvalue weighted by atomic mass is 10.1. The average Bonchev–Trinajstić information content (AvgIpc) is 2.56. The fourth-order valence-electron chi connectivity index (χ4n) is 2.01. The number of anilines is 2. The summed E-state index contributed by atoms with van der Waals surface area (Å²) in [5.74, 6) is -10.0. The predicted molar refractivity (Wildman–Crippen MR) is 83.2 cm³/mol. The monoisotopic (exact) mass is 393 g/mol. The summed E-state index contributed by atoms with van der Waals surface area (Å²) >= 11 is 0. The van der Waals surface area contributed by atoms with E-state index in [0.717, 1.165) is 6.21 Å². The van der Waals surface area contributed by atoms with Gasteiger partial charge in [-0.15, -0.1) is 0 Å². The fourth-order valence-corrected chi connectivity index (χ4v) is 2.01. The Kier molecular flexibility index (Phi) is 5.72. The molecule has 0 aliphatic rings. The maximum atomic E-state index is 13.7. The third-order valence-electron chi connectivity index (χ3n) is 3.17. The van der Waals surface area contributed by atoms with E-state index >= 15 is 0 Å². The molecule has 27 heavy (non-hydrogen) atoms. The van der Waals surface area contributed by atoms with E-state index in [1.54, 1.807) is 5.43 Å². The van der Waals surface area contributed by atoms with Crippen LogP contribution in [0.5, 0.6) is 0 Å². The quantitative estimate of drug-likeness (QED) is 0.343. The molecule has 11 heteroatoms. The summed E-state index contributed by atoms with van der Waals surface area (Å²) in [5.41, 5.74) is -1.73.